The van der Waals surface area contributed by atoms with Crippen molar-refractivity contribution >= 4 is 5.91 Å². The molecule has 1 atom stereocenters. The van der Waals surface area contributed by atoms with E-state index < -0.39 is 11.9 Å². The van der Waals surface area contributed by atoms with Gasteiger partial charge in [0.2, 0.25) is 0 Å². The predicted octanol–water partition coefficient (Wildman–Crippen LogP) is 4.75. The number of hydrogen-bond donors (Lipinski definition) is 0. The first-order chi connectivity index (χ1) is 12.6. The molecule has 0 aromatic heterocycles. The molecule has 0 fully saturated rings. The molecule has 0 N–H and O–H groups in total. The molecule has 130 valence electrons. The summed E-state index contributed by atoms with van der Waals surface area (Å²) < 4.78 is 28.2. The monoisotopic (exact) mass is 349 g/mol. The van der Waals surface area contributed by atoms with Crippen molar-refractivity contribution in [2.75, 3.05) is 6.54 Å². The Morgan fingerprint density at radius 3 is 2.38 bits per heavy atom. The minimum atomic E-state index is -0.531. The zero-order valence-electron chi connectivity index (χ0n) is 14.0. The van der Waals surface area contributed by atoms with Gasteiger partial charge in [0, 0.05) is 17.7 Å². The Hall–Kier alpha value is -3.01. The van der Waals surface area contributed by atoms with E-state index >= 15 is 0 Å². The van der Waals surface area contributed by atoms with Crippen molar-refractivity contribution in [2.45, 2.75) is 12.5 Å². The van der Waals surface area contributed by atoms with Crippen molar-refractivity contribution in [3.05, 3.63) is 107 Å². The molecule has 2 nitrogen and oxygen atoms in total. The molecule has 3 aromatic rings. The molecule has 26 heavy (non-hydrogen) atoms. The second kappa shape index (κ2) is 6.71. The Bertz CT molecular complexity index is 970. The van der Waals surface area contributed by atoms with Gasteiger partial charge in [0.1, 0.15) is 11.6 Å². The minimum absolute atomic E-state index is 0.269. The maximum atomic E-state index is 14.6. The summed E-state index contributed by atoms with van der Waals surface area (Å²) in [5.41, 5.74) is 2.73. The summed E-state index contributed by atoms with van der Waals surface area (Å²) in [5, 5.41) is 0. The summed E-state index contributed by atoms with van der Waals surface area (Å²) in [6.45, 7) is 0.450. The van der Waals surface area contributed by atoms with Crippen LogP contribution in [0.1, 0.15) is 33.1 Å². The number of amides is 1. The molecule has 1 heterocycles. The average molecular weight is 349 g/mol. The van der Waals surface area contributed by atoms with Gasteiger partial charge in [0.15, 0.2) is 0 Å². The van der Waals surface area contributed by atoms with Crippen molar-refractivity contribution in [1.82, 2.24) is 4.90 Å². The van der Waals surface area contributed by atoms with Gasteiger partial charge in [-0.15, -0.1) is 0 Å². The number of fused-ring (bicyclic) bond motifs is 1. The Balaban J connectivity index is 1.83. The van der Waals surface area contributed by atoms with E-state index in [2.05, 4.69) is 0 Å². The van der Waals surface area contributed by atoms with Crippen LogP contribution in [0.2, 0.25) is 0 Å². The molecule has 1 aliphatic rings. The molecule has 0 unspecified atom stereocenters. The third-order valence-electron chi connectivity index (χ3n) is 4.82. The lowest BCUT2D eigenvalue weighted by Crippen LogP contribution is -2.41. The maximum Gasteiger partial charge on any atom is 0.254 e. The largest absolute Gasteiger partial charge is 0.327 e. The lowest BCUT2D eigenvalue weighted by molar-refractivity contribution is 0.0691. The first kappa shape index (κ1) is 16.5. The smallest absolute Gasteiger partial charge is 0.254 e. The number of hydrogen-bond acceptors (Lipinski definition) is 1. The SMILES string of the molecule is O=C(c1cccc(F)c1)N1CCc2ccccc2[C@H]1c1ccccc1F. The van der Waals surface area contributed by atoms with Crippen LogP contribution in [0.25, 0.3) is 0 Å². The van der Waals surface area contributed by atoms with E-state index in [1.807, 2.05) is 24.3 Å². The highest BCUT2D eigenvalue weighted by Crippen LogP contribution is 2.37. The molecule has 1 amide bonds. The molecule has 0 spiro atoms. The topological polar surface area (TPSA) is 20.3 Å². The molecule has 0 radical (unpaired) electrons. The highest BCUT2D eigenvalue weighted by atomic mass is 19.1. The molecule has 0 aliphatic carbocycles. The van der Waals surface area contributed by atoms with Crippen molar-refractivity contribution in [3.8, 4) is 0 Å². The molecule has 0 bridgehead atoms. The molecule has 1 aliphatic heterocycles. The van der Waals surface area contributed by atoms with Crippen molar-refractivity contribution in [3.63, 3.8) is 0 Å². The standard InChI is InChI=1S/C22H17F2NO/c23-17-8-5-7-16(14-17)22(26)25-13-12-15-6-1-2-9-18(15)21(25)19-10-3-4-11-20(19)24/h1-11,14,21H,12-13H2/t21-/m0/s1. The number of carbonyl (C=O) groups excluding carboxylic acids is 1. The van der Waals surface area contributed by atoms with Crippen LogP contribution in [-0.4, -0.2) is 17.4 Å². The quantitative estimate of drug-likeness (QED) is 0.654. The lowest BCUT2D eigenvalue weighted by atomic mass is 9.87. The molecule has 0 saturated carbocycles. The highest BCUT2D eigenvalue weighted by molar-refractivity contribution is 5.95. The Morgan fingerprint density at radius 1 is 0.885 bits per heavy atom. The third-order valence-corrected chi connectivity index (χ3v) is 4.82. The fraction of sp³-hybridized carbons (Fsp3) is 0.136. The fourth-order valence-corrected chi connectivity index (χ4v) is 3.60. The lowest BCUT2D eigenvalue weighted by Gasteiger charge is -2.38. The first-order valence-electron chi connectivity index (χ1n) is 8.54. The number of carbonyl (C=O) groups is 1. The van der Waals surface area contributed by atoms with Crippen LogP contribution < -0.4 is 0 Å². The van der Waals surface area contributed by atoms with Gasteiger partial charge in [-0.2, -0.15) is 0 Å². The number of nitrogens with zero attached hydrogens (tertiary/aromatic N) is 1. The van der Waals surface area contributed by atoms with Gasteiger partial charge in [0.05, 0.1) is 6.04 Å². The summed E-state index contributed by atoms with van der Waals surface area (Å²) in [5.74, 6) is -1.12. The molecule has 0 saturated heterocycles. The summed E-state index contributed by atoms with van der Waals surface area (Å²) in [4.78, 5) is 14.7. The van der Waals surface area contributed by atoms with Gasteiger partial charge in [0.25, 0.3) is 5.91 Å². The van der Waals surface area contributed by atoms with Gasteiger partial charge < -0.3 is 4.90 Å². The second-order valence-electron chi connectivity index (χ2n) is 6.38. The van der Waals surface area contributed by atoms with E-state index in [4.69, 9.17) is 0 Å². The van der Waals surface area contributed by atoms with Gasteiger partial charge in [-0.25, -0.2) is 8.78 Å². The van der Waals surface area contributed by atoms with E-state index in [1.165, 1.54) is 24.3 Å². The van der Waals surface area contributed by atoms with Gasteiger partial charge in [-0.1, -0.05) is 48.5 Å². The molecule has 3 aromatic carbocycles. The Kier molecular flexibility index (Phi) is 4.25. The highest BCUT2D eigenvalue weighted by Gasteiger charge is 2.33. The Morgan fingerprint density at radius 2 is 1.62 bits per heavy atom. The van der Waals surface area contributed by atoms with Gasteiger partial charge in [-0.05, 0) is 41.8 Å². The van der Waals surface area contributed by atoms with E-state index in [9.17, 15) is 13.6 Å². The van der Waals surface area contributed by atoms with E-state index in [1.54, 1.807) is 29.2 Å². The van der Waals surface area contributed by atoms with E-state index in [-0.39, 0.29) is 17.3 Å². The second-order valence-corrected chi connectivity index (χ2v) is 6.38. The number of rotatable bonds is 2. The molecular weight excluding hydrogens is 332 g/mol. The van der Waals surface area contributed by atoms with Crippen molar-refractivity contribution in [1.29, 1.82) is 0 Å². The molecule has 4 rings (SSSR count). The predicted molar refractivity (Wildman–Crippen MR) is 95.8 cm³/mol. The number of halogens is 2. The normalized spacial score (nSPS) is 16.2. The Labute approximate surface area is 150 Å². The summed E-state index contributed by atoms with van der Waals surface area (Å²) in [6.07, 6.45) is 0.683. The van der Waals surface area contributed by atoms with Crippen molar-refractivity contribution < 1.29 is 13.6 Å². The van der Waals surface area contributed by atoms with Crippen LogP contribution in [0, 0.1) is 11.6 Å². The van der Waals surface area contributed by atoms with E-state index in [0.29, 0.717) is 18.5 Å². The molecule has 4 heteroatoms. The zero-order chi connectivity index (χ0) is 18.1. The van der Waals surface area contributed by atoms with Gasteiger partial charge in [-0.3, -0.25) is 4.79 Å². The van der Waals surface area contributed by atoms with E-state index in [0.717, 1.165) is 11.1 Å². The minimum Gasteiger partial charge on any atom is -0.327 e. The summed E-state index contributed by atoms with van der Waals surface area (Å²) >= 11 is 0. The summed E-state index contributed by atoms with van der Waals surface area (Å²) in [6, 6.07) is 19.4. The maximum absolute atomic E-state index is 14.6. The third kappa shape index (κ3) is 2.88. The first-order valence-corrected chi connectivity index (χ1v) is 8.54. The average Bonchev–Trinajstić information content (AvgIpc) is 2.67. The van der Waals surface area contributed by atoms with Crippen LogP contribution >= 0.6 is 0 Å². The van der Waals surface area contributed by atoms with Crippen LogP contribution in [-0.2, 0) is 6.42 Å². The van der Waals surface area contributed by atoms with Gasteiger partial charge >= 0.3 is 0 Å². The van der Waals surface area contributed by atoms with Crippen LogP contribution in [0.15, 0.2) is 72.8 Å². The van der Waals surface area contributed by atoms with Crippen LogP contribution in [0.4, 0.5) is 8.78 Å². The zero-order valence-corrected chi connectivity index (χ0v) is 14.0. The number of benzene rings is 3. The molecular formula is C22H17F2NO. The van der Waals surface area contributed by atoms with Crippen LogP contribution in [0.5, 0.6) is 0 Å². The van der Waals surface area contributed by atoms with Crippen LogP contribution in [0.3, 0.4) is 0 Å². The van der Waals surface area contributed by atoms with Crippen molar-refractivity contribution in [2.24, 2.45) is 0 Å². The fourth-order valence-electron chi connectivity index (χ4n) is 3.60. The summed E-state index contributed by atoms with van der Waals surface area (Å²) in [7, 11) is 0.